The number of nitrogens with one attached hydrogen (secondary N) is 1. The molecule has 1 N–H and O–H groups in total. The van der Waals surface area contributed by atoms with Gasteiger partial charge in [0.05, 0.1) is 12.2 Å². The zero-order valence-corrected chi connectivity index (χ0v) is 8.73. The average molecular weight is 202 g/mol. The summed E-state index contributed by atoms with van der Waals surface area (Å²) in [4.78, 5) is 15.3. The highest BCUT2D eigenvalue weighted by Gasteiger charge is 2.13. The van der Waals surface area contributed by atoms with Gasteiger partial charge in [-0.15, -0.1) is 0 Å². The average Bonchev–Trinajstić information content (AvgIpc) is 3.10. The van der Waals surface area contributed by atoms with E-state index in [1.54, 1.807) is 6.20 Å². The van der Waals surface area contributed by atoms with Crippen molar-refractivity contribution in [2.75, 3.05) is 0 Å². The van der Waals surface area contributed by atoms with Crippen LogP contribution in [-0.4, -0.2) is 10.9 Å². The Kier molecular flexibility index (Phi) is 2.81. The van der Waals surface area contributed by atoms with Crippen molar-refractivity contribution >= 4 is 5.91 Å². The first-order valence-electron chi connectivity index (χ1n) is 5.19. The van der Waals surface area contributed by atoms with Crippen LogP contribution in [0.5, 0.6) is 0 Å². The van der Waals surface area contributed by atoms with Gasteiger partial charge in [-0.05, 0) is 17.7 Å². The fourth-order valence-electron chi connectivity index (χ4n) is 1.39. The van der Waals surface area contributed by atoms with Gasteiger partial charge in [0.2, 0.25) is 5.91 Å². The van der Waals surface area contributed by atoms with Crippen molar-refractivity contribution in [2.24, 2.45) is 0 Å². The van der Waals surface area contributed by atoms with E-state index in [0.29, 0.717) is 18.9 Å². The van der Waals surface area contributed by atoms with Gasteiger partial charge < -0.3 is 5.32 Å². The molecule has 0 aliphatic heterocycles. The third kappa shape index (κ3) is 2.65. The molecule has 0 bridgehead atoms. The molecule has 0 aromatic carbocycles. The van der Waals surface area contributed by atoms with Gasteiger partial charge in [-0.1, -0.05) is 19.1 Å². The van der Waals surface area contributed by atoms with Crippen molar-refractivity contribution in [1.29, 1.82) is 0 Å². The molecule has 0 spiro atoms. The summed E-state index contributed by atoms with van der Waals surface area (Å²) in [6, 6.07) is 4.05. The van der Waals surface area contributed by atoms with Crippen molar-refractivity contribution in [2.45, 2.75) is 25.8 Å². The first kappa shape index (κ1) is 9.90. The van der Waals surface area contributed by atoms with Crippen LogP contribution in [0.1, 0.15) is 30.5 Å². The Morgan fingerprint density at radius 3 is 3.00 bits per heavy atom. The van der Waals surface area contributed by atoms with E-state index < -0.39 is 0 Å². The molecule has 78 valence electrons. The third-order valence-corrected chi connectivity index (χ3v) is 2.40. The van der Waals surface area contributed by atoms with Gasteiger partial charge in [-0.3, -0.25) is 9.78 Å². The van der Waals surface area contributed by atoms with E-state index in [0.717, 1.165) is 5.69 Å². The van der Waals surface area contributed by atoms with Crippen LogP contribution in [0.15, 0.2) is 30.5 Å². The minimum Gasteiger partial charge on any atom is -0.350 e. The lowest BCUT2D eigenvalue weighted by molar-refractivity contribution is -0.120. The number of nitrogens with zero attached hydrogens (tertiary/aromatic N) is 1. The molecule has 0 saturated carbocycles. The van der Waals surface area contributed by atoms with Crippen LogP contribution in [0, 0.1) is 0 Å². The van der Waals surface area contributed by atoms with Gasteiger partial charge in [-0.2, -0.15) is 0 Å². The molecule has 0 radical (unpaired) electrons. The minimum absolute atomic E-state index is 0.0618. The summed E-state index contributed by atoms with van der Waals surface area (Å²) in [5.41, 5.74) is 2.17. The molecule has 0 atom stereocenters. The smallest absolute Gasteiger partial charge is 0.220 e. The first-order chi connectivity index (χ1) is 7.29. The maximum Gasteiger partial charge on any atom is 0.220 e. The maximum atomic E-state index is 11.1. The largest absolute Gasteiger partial charge is 0.350 e. The van der Waals surface area contributed by atoms with E-state index in [1.165, 1.54) is 5.56 Å². The number of allylic oxidation sites excluding steroid dienone is 2. The van der Waals surface area contributed by atoms with Crippen LogP contribution in [-0.2, 0) is 11.3 Å². The third-order valence-electron chi connectivity index (χ3n) is 2.40. The van der Waals surface area contributed by atoms with Crippen molar-refractivity contribution in [3.63, 3.8) is 0 Å². The second-order valence-electron chi connectivity index (χ2n) is 3.62. The van der Waals surface area contributed by atoms with Crippen LogP contribution < -0.4 is 5.32 Å². The Labute approximate surface area is 89.2 Å². The van der Waals surface area contributed by atoms with Gasteiger partial charge in [0.1, 0.15) is 0 Å². The number of carbonyl (C=O) groups is 1. The Hall–Kier alpha value is -1.64. The van der Waals surface area contributed by atoms with Crippen LogP contribution in [0.3, 0.4) is 0 Å². The molecule has 0 fully saturated rings. The molecule has 3 nitrogen and oxygen atoms in total. The van der Waals surface area contributed by atoms with Crippen LogP contribution >= 0.6 is 0 Å². The topological polar surface area (TPSA) is 42.0 Å². The number of carbonyl (C=O) groups excluding carboxylic acids is 1. The highest BCUT2D eigenvalue weighted by molar-refractivity contribution is 5.75. The highest BCUT2D eigenvalue weighted by atomic mass is 16.1. The number of hydrogen-bond donors (Lipinski definition) is 1. The van der Waals surface area contributed by atoms with Crippen molar-refractivity contribution in [1.82, 2.24) is 10.3 Å². The molecule has 1 amide bonds. The first-order valence-corrected chi connectivity index (χ1v) is 5.19. The highest BCUT2D eigenvalue weighted by Crippen LogP contribution is 2.29. The summed E-state index contributed by atoms with van der Waals surface area (Å²) in [6.45, 7) is 2.36. The predicted molar refractivity (Wildman–Crippen MR) is 58.3 cm³/mol. The van der Waals surface area contributed by atoms with Crippen LogP contribution in [0.4, 0.5) is 0 Å². The summed E-state index contributed by atoms with van der Waals surface area (Å²) in [6.07, 6.45) is 6.60. The molecular formula is C12H14N2O. The summed E-state index contributed by atoms with van der Waals surface area (Å²) in [5.74, 6) is 0.556. The summed E-state index contributed by atoms with van der Waals surface area (Å²) in [7, 11) is 0. The number of hydrogen-bond acceptors (Lipinski definition) is 2. The van der Waals surface area contributed by atoms with E-state index in [2.05, 4.69) is 22.5 Å². The Morgan fingerprint density at radius 1 is 1.53 bits per heavy atom. The van der Waals surface area contributed by atoms with E-state index in [4.69, 9.17) is 0 Å². The molecular weight excluding hydrogens is 188 g/mol. The lowest BCUT2D eigenvalue weighted by atomic mass is 10.1. The minimum atomic E-state index is 0.0618. The van der Waals surface area contributed by atoms with Crippen LogP contribution in [0.2, 0.25) is 0 Å². The molecule has 1 heterocycles. The standard InChI is InChI=1S/C12H14N2O/c1-2-12(15)14-8-11-7-10(5-6-13-11)9-3-4-9/h3-7,9H,2,8H2,1H3,(H,14,15). The maximum absolute atomic E-state index is 11.1. The molecule has 15 heavy (non-hydrogen) atoms. The van der Waals surface area contributed by atoms with Gasteiger partial charge >= 0.3 is 0 Å². The van der Waals surface area contributed by atoms with Gasteiger partial charge in [0.25, 0.3) is 0 Å². The number of aromatic nitrogens is 1. The zero-order chi connectivity index (χ0) is 10.7. The summed E-state index contributed by atoms with van der Waals surface area (Å²) >= 11 is 0. The molecule has 3 heteroatoms. The van der Waals surface area contributed by atoms with Gasteiger partial charge in [-0.25, -0.2) is 0 Å². The number of pyridine rings is 1. The Morgan fingerprint density at radius 2 is 2.33 bits per heavy atom. The molecule has 1 aliphatic carbocycles. The molecule has 1 aliphatic rings. The molecule has 2 rings (SSSR count). The second-order valence-corrected chi connectivity index (χ2v) is 3.62. The molecule has 1 aromatic heterocycles. The SMILES string of the molecule is CCC(=O)NCc1cc(C2C=C2)ccn1. The van der Waals surface area contributed by atoms with E-state index >= 15 is 0 Å². The molecule has 0 saturated heterocycles. The second kappa shape index (κ2) is 4.26. The Bertz CT molecular complexity index is 392. The van der Waals surface area contributed by atoms with Crippen molar-refractivity contribution < 1.29 is 4.79 Å². The van der Waals surface area contributed by atoms with E-state index in [9.17, 15) is 4.79 Å². The lowest BCUT2D eigenvalue weighted by Gasteiger charge is -2.04. The number of rotatable bonds is 4. The normalized spacial score (nSPS) is 13.9. The Balaban J connectivity index is 1.95. The van der Waals surface area contributed by atoms with Crippen LogP contribution in [0.25, 0.3) is 0 Å². The monoisotopic (exact) mass is 202 g/mol. The number of amides is 1. The molecule has 1 aromatic rings. The lowest BCUT2D eigenvalue weighted by Crippen LogP contribution is -2.22. The van der Waals surface area contributed by atoms with Gasteiger partial charge in [0.15, 0.2) is 0 Å². The fourth-order valence-corrected chi connectivity index (χ4v) is 1.39. The molecule has 0 unspecified atom stereocenters. The summed E-state index contributed by atoms with van der Waals surface area (Å²) in [5, 5.41) is 2.81. The predicted octanol–water partition coefficient (Wildman–Crippen LogP) is 1.76. The van der Waals surface area contributed by atoms with E-state index in [1.807, 2.05) is 19.1 Å². The van der Waals surface area contributed by atoms with Crippen molar-refractivity contribution in [3.05, 3.63) is 41.7 Å². The quantitative estimate of drug-likeness (QED) is 0.756. The zero-order valence-electron chi connectivity index (χ0n) is 8.73. The van der Waals surface area contributed by atoms with E-state index in [-0.39, 0.29) is 5.91 Å². The van der Waals surface area contributed by atoms with Crippen molar-refractivity contribution in [3.8, 4) is 0 Å². The summed E-state index contributed by atoms with van der Waals surface area (Å²) < 4.78 is 0. The van der Waals surface area contributed by atoms with Gasteiger partial charge in [0, 0.05) is 18.5 Å². The fraction of sp³-hybridized carbons (Fsp3) is 0.333.